The van der Waals surface area contributed by atoms with Crippen molar-refractivity contribution in [2.75, 3.05) is 13.6 Å². The molecule has 0 radical (unpaired) electrons. The summed E-state index contributed by atoms with van der Waals surface area (Å²) in [6, 6.07) is 0.328. The molecule has 0 saturated carbocycles. The average Bonchev–Trinajstić information content (AvgIpc) is 2.65. The predicted molar refractivity (Wildman–Crippen MR) is 72.7 cm³/mol. The van der Waals surface area contributed by atoms with E-state index in [2.05, 4.69) is 28.8 Å². The van der Waals surface area contributed by atoms with E-state index in [0.717, 1.165) is 18.9 Å². The van der Waals surface area contributed by atoms with Crippen LogP contribution in [0.2, 0.25) is 0 Å². The van der Waals surface area contributed by atoms with Crippen molar-refractivity contribution in [1.82, 2.24) is 19.7 Å². The first-order chi connectivity index (χ1) is 7.91. The molecular formula is C11H21N5S. The lowest BCUT2D eigenvalue weighted by atomic mass is 10.2. The molecule has 1 unspecified atom stereocenters. The van der Waals surface area contributed by atoms with Gasteiger partial charge in [-0.1, -0.05) is 19.1 Å². The molecule has 0 saturated heterocycles. The first-order valence-electron chi connectivity index (χ1n) is 5.78. The van der Waals surface area contributed by atoms with E-state index >= 15 is 0 Å². The quantitative estimate of drug-likeness (QED) is 0.774. The minimum absolute atomic E-state index is 0.213. The lowest BCUT2D eigenvalue weighted by Gasteiger charge is -2.20. The molecule has 0 aliphatic carbocycles. The van der Waals surface area contributed by atoms with Gasteiger partial charge in [-0.15, -0.1) is 0 Å². The topological polar surface area (TPSA) is 60.0 Å². The predicted octanol–water partition coefficient (Wildman–Crippen LogP) is 1.21. The molecule has 1 aromatic heterocycles. The second-order valence-corrected chi connectivity index (χ2v) is 5.19. The molecule has 2 N–H and O–H groups in total. The molecule has 1 rings (SSSR count). The van der Waals surface area contributed by atoms with Gasteiger partial charge >= 0.3 is 0 Å². The summed E-state index contributed by atoms with van der Waals surface area (Å²) in [5.41, 5.74) is 5.61. The molecule has 1 heterocycles. The summed E-state index contributed by atoms with van der Waals surface area (Å²) in [7, 11) is 2.04. The summed E-state index contributed by atoms with van der Waals surface area (Å²) in [6.45, 7) is 7.81. The third kappa shape index (κ3) is 4.05. The van der Waals surface area contributed by atoms with Crippen molar-refractivity contribution in [3.05, 3.63) is 12.2 Å². The minimum Gasteiger partial charge on any atom is -0.393 e. The van der Waals surface area contributed by atoms with Crippen molar-refractivity contribution >= 4 is 17.2 Å². The standard InChI is InChI=1S/C11H21N5S/c1-8(2)16-10(13-7-14-16)6-15(4)5-9(3)11(12)17/h7-9H,5-6H2,1-4H3,(H2,12,17). The van der Waals surface area contributed by atoms with Crippen molar-refractivity contribution < 1.29 is 0 Å². The first kappa shape index (κ1) is 14.1. The molecule has 0 aliphatic heterocycles. The molecule has 0 fully saturated rings. The van der Waals surface area contributed by atoms with E-state index in [1.54, 1.807) is 6.33 Å². The Labute approximate surface area is 108 Å². The Bertz CT molecular complexity index is 374. The number of nitrogens with two attached hydrogens (primary N) is 1. The normalized spacial score (nSPS) is 13.3. The summed E-state index contributed by atoms with van der Waals surface area (Å²) < 4.78 is 1.93. The molecule has 6 heteroatoms. The van der Waals surface area contributed by atoms with E-state index in [1.165, 1.54) is 0 Å². The van der Waals surface area contributed by atoms with Crippen LogP contribution in [0.25, 0.3) is 0 Å². The maximum atomic E-state index is 5.61. The van der Waals surface area contributed by atoms with Crippen molar-refractivity contribution in [2.24, 2.45) is 11.7 Å². The molecule has 0 bridgehead atoms. The van der Waals surface area contributed by atoms with Crippen LogP contribution < -0.4 is 5.73 Å². The van der Waals surface area contributed by atoms with Crippen LogP contribution >= 0.6 is 12.2 Å². The Kier molecular flexibility index (Phi) is 5.02. The molecule has 17 heavy (non-hydrogen) atoms. The molecule has 0 spiro atoms. The molecule has 1 aromatic rings. The van der Waals surface area contributed by atoms with E-state index in [0.29, 0.717) is 11.0 Å². The van der Waals surface area contributed by atoms with Crippen LogP contribution in [0.15, 0.2) is 6.33 Å². The van der Waals surface area contributed by atoms with Crippen LogP contribution in [0, 0.1) is 5.92 Å². The molecule has 0 aromatic carbocycles. The summed E-state index contributed by atoms with van der Waals surface area (Å²) in [6.07, 6.45) is 1.60. The fourth-order valence-corrected chi connectivity index (χ4v) is 1.76. The largest absolute Gasteiger partial charge is 0.393 e. The number of rotatable bonds is 6. The Morgan fingerprint density at radius 2 is 2.18 bits per heavy atom. The zero-order valence-electron chi connectivity index (χ0n) is 10.9. The number of hydrogen-bond donors (Lipinski definition) is 1. The summed E-state index contributed by atoms with van der Waals surface area (Å²) in [5.74, 6) is 1.18. The Morgan fingerprint density at radius 1 is 1.53 bits per heavy atom. The zero-order valence-corrected chi connectivity index (χ0v) is 11.7. The van der Waals surface area contributed by atoms with Gasteiger partial charge in [0.05, 0.1) is 11.5 Å². The van der Waals surface area contributed by atoms with Crippen LogP contribution in [0.3, 0.4) is 0 Å². The lowest BCUT2D eigenvalue weighted by Crippen LogP contribution is -2.32. The van der Waals surface area contributed by atoms with Gasteiger partial charge in [0, 0.05) is 18.5 Å². The van der Waals surface area contributed by atoms with E-state index < -0.39 is 0 Å². The van der Waals surface area contributed by atoms with Crippen molar-refractivity contribution in [3.63, 3.8) is 0 Å². The fourth-order valence-electron chi connectivity index (χ4n) is 1.68. The summed E-state index contributed by atoms with van der Waals surface area (Å²) >= 11 is 4.97. The summed E-state index contributed by atoms with van der Waals surface area (Å²) in [5, 5.41) is 4.21. The molecule has 0 amide bonds. The van der Waals surface area contributed by atoms with Gasteiger partial charge in [-0.3, -0.25) is 4.90 Å². The monoisotopic (exact) mass is 255 g/mol. The summed E-state index contributed by atoms with van der Waals surface area (Å²) in [4.78, 5) is 6.99. The van der Waals surface area contributed by atoms with Gasteiger partial charge < -0.3 is 5.73 Å². The third-order valence-electron chi connectivity index (χ3n) is 2.62. The highest BCUT2D eigenvalue weighted by molar-refractivity contribution is 7.80. The highest BCUT2D eigenvalue weighted by atomic mass is 32.1. The highest BCUT2D eigenvalue weighted by Crippen LogP contribution is 2.08. The van der Waals surface area contributed by atoms with Crippen molar-refractivity contribution in [1.29, 1.82) is 0 Å². The molecule has 0 aliphatic rings. The number of nitrogens with zero attached hydrogens (tertiary/aromatic N) is 4. The SMILES string of the molecule is CC(CN(C)Cc1ncnn1C(C)C)C(N)=S. The van der Waals surface area contributed by atoms with E-state index in [1.807, 2.05) is 18.7 Å². The molecule has 1 atom stereocenters. The van der Waals surface area contributed by atoms with Crippen LogP contribution in [-0.4, -0.2) is 38.2 Å². The van der Waals surface area contributed by atoms with Gasteiger partial charge in [0.25, 0.3) is 0 Å². The fraction of sp³-hybridized carbons (Fsp3) is 0.727. The third-order valence-corrected chi connectivity index (χ3v) is 3.02. The van der Waals surface area contributed by atoms with Gasteiger partial charge in [0.15, 0.2) is 0 Å². The second kappa shape index (κ2) is 6.07. The van der Waals surface area contributed by atoms with Crippen molar-refractivity contribution in [2.45, 2.75) is 33.4 Å². The number of thiocarbonyl (C=S) groups is 1. The van der Waals surface area contributed by atoms with Gasteiger partial charge in [0.2, 0.25) is 0 Å². The smallest absolute Gasteiger partial charge is 0.141 e. The Balaban J connectivity index is 2.59. The average molecular weight is 255 g/mol. The van der Waals surface area contributed by atoms with Gasteiger partial charge in [-0.05, 0) is 20.9 Å². The number of aromatic nitrogens is 3. The van der Waals surface area contributed by atoms with Crippen LogP contribution in [0.4, 0.5) is 0 Å². The first-order valence-corrected chi connectivity index (χ1v) is 6.19. The van der Waals surface area contributed by atoms with Crippen LogP contribution in [0.1, 0.15) is 32.6 Å². The molecule has 96 valence electrons. The lowest BCUT2D eigenvalue weighted by molar-refractivity contribution is 0.290. The van der Waals surface area contributed by atoms with E-state index in [9.17, 15) is 0 Å². The van der Waals surface area contributed by atoms with E-state index in [-0.39, 0.29) is 5.92 Å². The van der Waals surface area contributed by atoms with E-state index in [4.69, 9.17) is 18.0 Å². The Morgan fingerprint density at radius 3 is 2.71 bits per heavy atom. The van der Waals surface area contributed by atoms with Crippen LogP contribution in [-0.2, 0) is 6.54 Å². The van der Waals surface area contributed by atoms with Gasteiger partial charge in [0.1, 0.15) is 12.2 Å². The minimum atomic E-state index is 0.213. The molecular weight excluding hydrogens is 234 g/mol. The van der Waals surface area contributed by atoms with Crippen LogP contribution in [0.5, 0.6) is 0 Å². The Hall–Kier alpha value is -1.01. The maximum absolute atomic E-state index is 5.61. The highest BCUT2D eigenvalue weighted by Gasteiger charge is 2.13. The second-order valence-electron chi connectivity index (χ2n) is 4.71. The molecule has 5 nitrogen and oxygen atoms in total. The van der Waals surface area contributed by atoms with Crippen molar-refractivity contribution in [3.8, 4) is 0 Å². The zero-order chi connectivity index (χ0) is 13.0. The number of hydrogen-bond acceptors (Lipinski definition) is 4. The maximum Gasteiger partial charge on any atom is 0.141 e. The van der Waals surface area contributed by atoms with Gasteiger partial charge in [-0.2, -0.15) is 5.10 Å². The van der Waals surface area contributed by atoms with Gasteiger partial charge in [-0.25, -0.2) is 9.67 Å².